The van der Waals surface area contributed by atoms with Crippen LogP contribution in [0.4, 0.5) is 0 Å². The number of carbonyl (C=O) groups is 2. The van der Waals surface area contributed by atoms with Crippen molar-refractivity contribution in [3.63, 3.8) is 0 Å². The molecule has 1 saturated carbocycles. The second kappa shape index (κ2) is 6.18. The number of nitrogens with zero attached hydrogens (tertiary/aromatic N) is 1. The maximum absolute atomic E-state index is 12.6. The molecule has 0 spiro atoms. The highest BCUT2D eigenvalue weighted by Crippen LogP contribution is 2.36. The maximum Gasteiger partial charge on any atom is 0.349 e. The Labute approximate surface area is 134 Å². The minimum atomic E-state index is -0.571. The summed E-state index contributed by atoms with van der Waals surface area (Å²) in [7, 11) is 1.34. The Bertz CT molecular complexity index is 689. The number of aryl methyl sites for hydroxylation is 1. The van der Waals surface area contributed by atoms with Crippen molar-refractivity contribution in [2.75, 3.05) is 20.2 Å². The minimum absolute atomic E-state index is 0.0820. The Morgan fingerprint density at radius 2 is 2.04 bits per heavy atom. The third-order valence-electron chi connectivity index (χ3n) is 4.90. The van der Waals surface area contributed by atoms with Crippen LogP contribution in [0.15, 0.2) is 15.3 Å². The zero-order chi connectivity index (χ0) is 16.6. The van der Waals surface area contributed by atoms with Crippen molar-refractivity contribution in [3.05, 3.63) is 33.4 Å². The van der Waals surface area contributed by atoms with E-state index in [4.69, 9.17) is 9.15 Å². The highest BCUT2D eigenvalue weighted by atomic mass is 16.5. The number of hydrogen-bond donors (Lipinski definition) is 0. The fourth-order valence-corrected chi connectivity index (χ4v) is 3.25. The minimum Gasteiger partial charge on any atom is -0.469 e. The maximum atomic E-state index is 12.6. The molecule has 0 N–H and O–H groups in total. The first-order valence-electron chi connectivity index (χ1n) is 8.03. The van der Waals surface area contributed by atoms with Crippen molar-refractivity contribution in [2.45, 2.75) is 38.5 Å². The van der Waals surface area contributed by atoms with Gasteiger partial charge in [-0.25, -0.2) is 4.79 Å². The summed E-state index contributed by atoms with van der Waals surface area (Å²) in [6, 6.07) is 1.81. The summed E-state index contributed by atoms with van der Waals surface area (Å²) in [5.74, 6) is 0.00273. The Morgan fingerprint density at radius 3 is 2.61 bits per heavy atom. The summed E-state index contributed by atoms with van der Waals surface area (Å²) >= 11 is 0. The number of ether oxygens (including phenoxy) is 1. The van der Waals surface area contributed by atoms with Crippen LogP contribution in [0.2, 0.25) is 0 Å². The largest absolute Gasteiger partial charge is 0.469 e. The first-order valence-corrected chi connectivity index (χ1v) is 8.03. The van der Waals surface area contributed by atoms with E-state index >= 15 is 0 Å². The number of carbonyl (C=O) groups excluding carboxylic acids is 2. The van der Waals surface area contributed by atoms with Gasteiger partial charge in [0.2, 0.25) is 0 Å². The second-order valence-electron chi connectivity index (χ2n) is 6.38. The van der Waals surface area contributed by atoms with Gasteiger partial charge in [-0.3, -0.25) is 9.59 Å². The molecule has 1 amide bonds. The highest BCUT2D eigenvalue weighted by molar-refractivity contribution is 5.95. The number of amides is 1. The molecule has 6 heteroatoms. The first-order chi connectivity index (χ1) is 11.0. The predicted octanol–water partition coefficient (Wildman–Crippen LogP) is 1.85. The molecule has 2 aliphatic rings. The molecule has 1 aliphatic carbocycles. The van der Waals surface area contributed by atoms with E-state index in [1.54, 1.807) is 6.92 Å². The third-order valence-corrected chi connectivity index (χ3v) is 4.90. The Morgan fingerprint density at radius 1 is 1.30 bits per heavy atom. The van der Waals surface area contributed by atoms with Crippen LogP contribution in [0.25, 0.3) is 0 Å². The van der Waals surface area contributed by atoms with E-state index in [1.165, 1.54) is 12.0 Å². The molecule has 1 atom stereocenters. The van der Waals surface area contributed by atoms with Crippen LogP contribution < -0.4 is 5.63 Å². The van der Waals surface area contributed by atoms with Crippen LogP contribution in [0, 0.1) is 12.8 Å². The van der Waals surface area contributed by atoms with Crippen molar-refractivity contribution in [2.24, 2.45) is 5.92 Å². The summed E-state index contributed by atoms with van der Waals surface area (Å²) in [4.78, 5) is 38.0. The van der Waals surface area contributed by atoms with Crippen molar-refractivity contribution in [1.82, 2.24) is 4.90 Å². The van der Waals surface area contributed by atoms with Gasteiger partial charge in [-0.15, -0.1) is 0 Å². The van der Waals surface area contributed by atoms with Crippen molar-refractivity contribution < 1.29 is 18.7 Å². The molecule has 124 valence electrons. The van der Waals surface area contributed by atoms with Gasteiger partial charge in [0.25, 0.3) is 5.91 Å². The van der Waals surface area contributed by atoms with Crippen LogP contribution in [0.3, 0.4) is 0 Å². The highest BCUT2D eigenvalue weighted by Gasteiger charge is 2.34. The lowest BCUT2D eigenvalue weighted by atomic mass is 9.83. The summed E-state index contributed by atoms with van der Waals surface area (Å²) in [5.41, 5.74) is 0.159. The molecule has 0 bridgehead atoms. The molecule has 2 heterocycles. The van der Waals surface area contributed by atoms with Crippen LogP contribution >= 0.6 is 0 Å². The molecule has 6 nitrogen and oxygen atoms in total. The van der Waals surface area contributed by atoms with E-state index in [9.17, 15) is 14.4 Å². The summed E-state index contributed by atoms with van der Waals surface area (Å²) < 4.78 is 10.1. The lowest BCUT2D eigenvalue weighted by Gasteiger charge is -2.24. The Balaban J connectivity index is 1.80. The molecule has 1 aromatic heterocycles. The quantitative estimate of drug-likeness (QED) is 0.795. The number of methoxy groups -OCH3 is 1. The van der Waals surface area contributed by atoms with E-state index in [2.05, 4.69) is 0 Å². The van der Waals surface area contributed by atoms with Gasteiger partial charge >= 0.3 is 11.6 Å². The van der Waals surface area contributed by atoms with Gasteiger partial charge in [-0.1, -0.05) is 6.42 Å². The number of rotatable bonds is 3. The van der Waals surface area contributed by atoms with Gasteiger partial charge in [0.15, 0.2) is 0 Å². The predicted molar refractivity (Wildman–Crippen MR) is 82.3 cm³/mol. The molecule has 1 aliphatic heterocycles. The van der Waals surface area contributed by atoms with Crippen LogP contribution in [-0.4, -0.2) is 37.0 Å². The van der Waals surface area contributed by atoms with Crippen LogP contribution in [-0.2, 0) is 9.53 Å². The summed E-state index contributed by atoms with van der Waals surface area (Å²) in [6.07, 6.45) is 3.77. The standard InChI is InChI=1S/C17H21NO5/c1-10-8-13(11-4-3-5-11)23-17(21)14(10)15(19)18-7-6-12(9-18)16(20)22-2/h8,11-12H,3-7,9H2,1-2H3. The van der Waals surface area contributed by atoms with E-state index in [1.807, 2.05) is 6.07 Å². The summed E-state index contributed by atoms with van der Waals surface area (Å²) in [6.45, 7) is 2.50. The lowest BCUT2D eigenvalue weighted by molar-refractivity contribution is -0.144. The van der Waals surface area contributed by atoms with Gasteiger partial charge < -0.3 is 14.1 Å². The van der Waals surface area contributed by atoms with Crippen molar-refractivity contribution in [1.29, 1.82) is 0 Å². The van der Waals surface area contributed by atoms with E-state index in [0.717, 1.165) is 19.3 Å². The summed E-state index contributed by atoms with van der Waals surface area (Å²) in [5, 5.41) is 0. The average Bonchev–Trinajstić information content (AvgIpc) is 2.93. The van der Waals surface area contributed by atoms with E-state index < -0.39 is 5.63 Å². The molecular weight excluding hydrogens is 298 g/mol. The van der Waals surface area contributed by atoms with Crippen LogP contribution in [0.5, 0.6) is 0 Å². The van der Waals surface area contributed by atoms with Crippen molar-refractivity contribution >= 4 is 11.9 Å². The first kappa shape index (κ1) is 15.8. The van der Waals surface area contributed by atoms with Gasteiger partial charge in [0, 0.05) is 19.0 Å². The zero-order valence-corrected chi connectivity index (χ0v) is 13.5. The molecule has 1 unspecified atom stereocenters. The van der Waals surface area contributed by atoms with Gasteiger partial charge in [0.05, 0.1) is 13.0 Å². The molecule has 0 aromatic carbocycles. The lowest BCUT2D eigenvalue weighted by Crippen LogP contribution is -2.34. The zero-order valence-electron chi connectivity index (χ0n) is 13.5. The average molecular weight is 319 g/mol. The smallest absolute Gasteiger partial charge is 0.349 e. The third kappa shape index (κ3) is 2.90. The fourth-order valence-electron chi connectivity index (χ4n) is 3.25. The Kier molecular flexibility index (Phi) is 4.24. The molecule has 23 heavy (non-hydrogen) atoms. The van der Waals surface area contributed by atoms with Crippen molar-refractivity contribution in [3.8, 4) is 0 Å². The monoisotopic (exact) mass is 319 g/mol. The number of likely N-dealkylation sites (tertiary alicyclic amines) is 1. The van der Waals surface area contributed by atoms with Gasteiger partial charge in [-0.05, 0) is 37.8 Å². The number of esters is 1. The molecule has 3 rings (SSSR count). The van der Waals surface area contributed by atoms with Gasteiger partial charge in [-0.2, -0.15) is 0 Å². The second-order valence-corrected chi connectivity index (χ2v) is 6.38. The molecular formula is C17H21NO5. The van der Waals surface area contributed by atoms with Crippen LogP contribution in [0.1, 0.15) is 53.3 Å². The molecule has 2 fully saturated rings. The van der Waals surface area contributed by atoms with E-state index in [0.29, 0.717) is 30.2 Å². The molecule has 1 saturated heterocycles. The van der Waals surface area contributed by atoms with Gasteiger partial charge in [0.1, 0.15) is 11.3 Å². The van der Waals surface area contributed by atoms with E-state index in [-0.39, 0.29) is 29.9 Å². The molecule has 1 aromatic rings. The topological polar surface area (TPSA) is 76.8 Å². The molecule has 0 radical (unpaired) electrons. The fraction of sp³-hybridized carbons (Fsp3) is 0.588. The number of hydrogen-bond acceptors (Lipinski definition) is 5. The normalized spacial score (nSPS) is 21.1. The SMILES string of the molecule is COC(=O)C1CCN(C(=O)c2c(C)cc(C3CCC3)oc2=O)C1. The Hall–Kier alpha value is -2.11.